The van der Waals surface area contributed by atoms with E-state index in [2.05, 4.69) is 15.9 Å². The Morgan fingerprint density at radius 3 is 2.27 bits per heavy atom. The third-order valence-corrected chi connectivity index (χ3v) is 8.12. The number of benzene rings is 2. The molecule has 0 radical (unpaired) electrons. The van der Waals surface area contributed by atoms with Crippen LogP contribution >= 0.6 is 15.9 Å². The Morgan fingerprint density at radius 2 is 1.73 bits per heavy atom. The molecule has 3 rings (SSSR count). The van der Waals surface area contributed by atoms with Crippen LogP contribution in [0.5, 0.6) is 0 Å². The summed E-state index contributed by atoms with van der Waals surface area (Å²) in [7, 11) is -3.51. The van der Waals surface area contributed by atoms with Crippen LogP contribution in [0.2, 0.25) is 0 Å². The van der Waals surface area contributed by atoms with Crippen LogP contribution in [-0.4, -0.2) is 33.4 Å². The van der Waals surface area contributed by atoms with E-state index in [1.165, 1.54) is 0 Å². The third kappa shape index (κ3) is 3.36. The largest absolute Gasteiger partial charge is 0.381 e. The molecule has 0 saturated heterocycles. The summed E-state index contributed by atoms with van der Waals surface area (Å²) in [6.45, 7) is 4.99. The lowest BCUT2D eigenvalue weighted by molar-refractivity contribution is 0.101. The van der Waals surface area contributed by atoms with E-state index in [0.717, 1.165) is 15.6 Å². The Kier molecular flexibility index (Phi) is 5.58. The Labute approximate surface area is 163 Å². The first kappa shape index (κ1) is 19.5. The molecule has 0 spiro atoms. The van der Waals surface area contributed by atoms with Crippen molar-refractivity contribution in [1.82, 2.24) is 0 Å². The number of hydrogen-bond donors (Lipinski definition) is 1. The summed E-state index contributed by atoms with van der Waals surface area (Å²) in [5, 5.41) is -0.574. The van der Waals surface area contributed by atoms with Crippen molar-refractivity contribution in [3.8, 4) is 0 Å². The minimum atomic E-state index is -3.51. The van der Waals surface area contributed by atoms with Crippen LogP contribution in [0.1, 0.15) is 24.0 Å². The first-order valence-corrected chi connectivity index (χ1v) is 11.0. The van der Waals surface area contributed by atoms with Gasteiger partial charge in [-0.25, -0.2) is 8.42 Å². The summed E-state index contributed by atoms with van der Waals surface area (Å²) < 4.78 is 33.4. The Hall–Kier alpha value is -1.21. The van der Waals surface area contributed by atoms with Crippen LogP contribution in [0, 0.1) is 12.3 Å². The summed E-state index contributed by atoms with van der Waals surface area (Å²) in [5.74, 6) is -0.168. The second kappa shape index (κ2) is 7.43. The van der Waals surface area contributed by atoms with E-state index in [1.54, 1.807) is 12.1 Å². The molecule has 3 atom stereocenters. The standard InChI is InChI=1S/C20H24BrNO3S/c1-3-25-13-20(12-22)18(15-6-8-16(21)9-7-15)19(20)26(23,24)17-10-4-14(2)5-11-17/h4-11,18-19H,3,12-13,22H2,1-2H3/t18-,19+,20+/m0/s1. The van der Waals surface area contributed by atoms with E-state index in [4.69, 9.17) is 10.5 Å². The van der Waals surface area contributed by atoms with Gasteiger partial charge in [0.2, 0.25) is 0 Å². The van der Waals surface area contributed by atoms with E-state index in [-0.39, 0.29) is 12.5 Å². The highest BCUT2D eigenvalue weighted by molar-refractivity contribution is 9.10. The van der Waals surface area contributed by atoms with Crippen molar-refractivity contribution in [1.29, 1.82) is 0 Å². The van der Waals surface area contributed by atoms with Gasteiger partial charge < -0.3 is 10.5 Å². The van der Waals surface area contributed by atoms with Crippen LogP contribution in [-0.2, 0) is 14.6 Å². The van der Waals surface area contributed by atoms with E-state index in [0.29, 0.717) is 18.1 Å². The lowest BCUT2D eigenvalue weighted by Gasteiger charge is -2.16. The van der Waals surface area contributed by atoms with Crippen molar-refractivity contribution in [2.45, 2.75) is 29.9 Å². The van der Waals surface area contributed by atoms with Gasteiger partial charge in [0, 0.05) is 29.0 Å². The van der Waals surface area contributed by atoms with Crippen LogP contribution in [0.3, 0.4) is 0 Å². The normalized spacial score (nSPS) is 25.2. The maximum absolute atomic E-state index is 13.4. The average molecular weight is 438 g/mol. The van der Waals surface area contributed by atoms with Gasteiger partial charge in [-0.15, -0.1) is 0 Å². The molecular weight excluding hydrogens is 414 g/mol. The second-order valence-electron chi connectivity index (χ2n) is 6.88. The second-order valence-corrected chi connectivity index (χ2v) is 9.87. The molecule has 0 unspecified atom stereocenters. The maximum atomic E-state index is 13.4. The van der Waals surface area contributed by atoms with Gasteiger partial charge in [0.25, 0.3) is 0 Å². The van der Waals surface area contributed by atoms with Crippen LogP contribution in [0.4, 0.5) is 0 Å². The number of aryl methyl sites for hydroxylation is 1. The number of ether oxygens (including phenoxy) is 1. The van der Waals surface area contributed by atoms with Crippen molar-refractivity contribution < 1.29 is 13.2 Å². The van der Waals surface area contributed by atoms with E-state index in [1.807, 2.05) is 50.2 Å². The average Bonchev–Trinajstić information content (AvgIpc) is 3.31. The molecule has 0 aliphatic heterocycles. The number of rotatable bonds is 7. The molecule has 1 aliphatic rings. The van der Waals surface area contributed by atoms with Crippen molar-refractivity contribution in [2.24, 2.45) is 11.1 Å². The van der Waals surface area contributed by atoms with Crippen molar-refractivity contribution in [2.75, 3.05) is 19.8 Å². The predicted octanol–water partition coefficient (Wildman–Crippen LogP) is 3.68. The summed E-state index contributed by atoms with van der Waals surface area (Å²) in [5.41, 5.74) is 7.53. The first-order valence-electron chi connectivity index (χ1n) is 8.70. The zero-order chi connectivity index (χ0) is 18.9. The summed E-state index contributed by atoms with van der Waals surface area (Å²) >= 11 is 3.43. The van der Waals surface area contributed by atoms with Crippen LogP contribution < -0.4 is 5.73 Å². The van der Waals surface area contributed by atoms with Crippen LogP contribution in [0.15, 0.2) is 57.9 Å². The molecule has 4 nitrogen and oxygen atoms in total. The molecule has 1 fully saturated rings. The van der Waals surface area contributed by atoms with Gasteiger partial charge in [-0.3, -0.25) is 0 Å². The molecular formula is C20H24BrNO3S. The molecule has 0 aromatic heterocycles. The Balaban J connectivity index is 2.03. The molecule has 140 valence electrons. The number of sulfone groups is 1. The summed E-state index contributed by atoms with van der Waals surface area (Å²) in [6, 6.07) is 14.8. The minimum absolute atomic E-state index is 0.168. The molecule has 1 saturated carbocycles. The van der Waals surface area contributed by atoms with Gasteiger partial charge in [-0.2, -0.15) is 0 Å². The van der Waals surface area contributed by atoms with Crippen LogP contribution in [0.25, 0.3) is 0 Å². The minimum Gasteiger partial charge on any atom is -0.381 e. The highest BCUT2D eigenvalue weighted by Crippen LogP contribution is 2.63. The number of halogens is 1. The molecule has 0 amide bonds. The smallest absolute Gasteiger partial charge is 0.182 e. The summed E-state index contributed by atoms with van der Waals surface area (Å²) in [6.07, 6.45) is 0. The monoisotopic (exact) mass is 437 g/mol. The zero-order valence-corrected chi connectivity index (χ0v) is 17.4. The molecule has 0 heterocycles. The molecule has 26 heavy (non-hydrogen) atoms. The Morgan fingerprint density at radius 1 is 1.12 bits per heavy atom. The van der Waals surface area contributed by atoms with Crippen molar-refractivity contribution >= 4 is 25.8 Å². The SMILES string of the molecule is CCOC[C@@]1(CN)[C@H](S(=O)(=O)c2ccc(C)cc2)[C@@H]1c1ccc(Br)cc1. The molecule has 1 aliphatic carbocycles. The topological polar surface area (TPSA) is 69.4 Å². The lowest BCUT2D eigenvalue weighted by Crippen LogP contribution is -2.29. The zero-order valence-electron chi connectivity index (χ0n) is 15.0. The fraction of sp³-hybridized carbons (Fsp3) is 0.400. The summed E-state index contributed by atoms with van der Waals surface area (Å²) in [4.78, 5) is 0.349. The highest BCUT2D eigenvalue weighted by Gasteiger charge is 2.70. The van der Waals surface area contributed by atoms with Gasteiger partial charge in [0.15, 0.2) is 9.84 Å². The fourth-order valence-electron chi connectivity index (χ4n) is 3.76. The Bertz CT molecular complexity index is 865. The molecule has 2 aromatic carbocycles. The molecule has 0 bridgehead atoms. The predicted molar refractivity (Wildman–Crippen MR) is 107 cm³/mol. The lowest BCUT2D eigenvalue weighted by atomic mass is 10.00. The number of nitrogens with two attached hydrogens (primary N) is 1. The molecule has 2 aromatic rings. The highest BCUT2D eigenvalue weighted by atomic mass is 79.9. The van der Waals surface area contributed by atoms with E-state index in [9.17, 15) is 8.42 Å². The van der Waals surface area contributed by atoms with Gasteiger partial charge in [-0.1, -0.05) is 45.8 Å². The van der Waals surface area contributed by atoms with Gasteiger partial charge in [-0.05, 0) is 43.7 Å². The van der Waals surface area contributed by atoms with Crippen molar-refractivity contribution in [3.63, 3.8) is 0 Å². The van der Waals surface area contributed by atoms with Gasteiger partial charge >= 0.3 is 0 Å². The maximum Gasteiger partial charge on any atom is 0.182 e. The fourth-order valence-corrected chi connectivity index (χ4v) is 6.47. The van der Waals surface area contributed by atoms with E-state index >= 15 is 0 Å². The number of hydrogen-bond acceptors (Lipinski definition) is 4. The first-order chi connectivity index (χ1) is 12.4. The molecule has 6 heteroatoms. The quantitative estimate of drug-likeness (QED) is 0.716. The van der Waals surface area contributed by atoms with E-state index < -0.39 is 20.5 Å². The van der Waals surface area contributed by atoms with Crippen molar-refractivity contribution in [3.05, 3.63) is 64.1 Å². The molecule has 2 N–H and O–H groups in total. The van der Waals surface area contributed by atoms with Gasteiger partial charge in [0.05, 0.1) is 16.8 Å². The van der Waals surface area contributed by atoms with Gasteiger partial charge in [0.1, 0.15) is 0 Å². The third-order valence-electron chi connectivity index (χ3n) is 5.25.